The normalized spacial score (nSPS) is 12.0. The fourth-order valence-electron chi connectivity index (χ4n) is 3.91. The number of rotatable bonds is 7. The molecule has 0 unspecified atom stereocenters. The molecule has 2 aromatic heterocycles. The Morgan fingerprint density at radius 3 is 2.37 bits per heavy atom. The van der Waals surface area contributed by atoms with Crippen LogP contribution in [0.25, 0.3) is 26.7 Å². The largest absolute Gasteiger partial charge is 0.455 e. The van der Waals surface area contributed by atoms with Crippen molar-refractivity contribution in [1.29, 1.82) is 0 Å². The number of thiophene rings is 1. The van der Waals surface area contributed by atoms with Crippen molar-refractivity contribution in [2.24, 2.45) is 0 Å². The van der Waals surface area contributed by atoms with Gasteiger partial charge in [0.05, 0.1) is 21.2 Å². The summed E-state index contributed by atoms with van der Waals surface area (Å²) in [6, 6.07) is 27.4. The number of ether oxygens (including phenoxy) is 1. The highest BCUT2D eigenvalue weighted by Gasteiger charge is 2.25. The van der Waals surface area contributed by atoms with Crippen molar-refractivity contribution in [3.05, 3.63) is 102 Å². The number of para-hydroxylation sites is 1. The van der Waals surface area contributed by atoms with Crippen molar-refractivity contribution >= 4 is 32.8 Å². The van der Waals surface area contributed by atoms with Gasteiger partial charge in [0.1, 0.15) is 17.0 Å². The van der Waals surface area contributed by atoms with Gasteiger partial charge in [0.25, 0.3) is 0 Å². The molecule has 5 aromatic rings. The fourth-order valence-corrected chi connectivity index (χ4v) is 5.74. The van der Waals surface area contributed by atoms with E-state index in [0.29, 0.717) is 27.9 Å². The molecule has 0 aliphatic carbocycles. The van der Waals surface area contributed by atoms with Gasteiger partial charge in [0.2, 0.25) is 0 Å². The molecule has 3 aromatic carbocycles. The van der Waals surface area contributed by atoms with Crippen LogP contribution >= 0.6 is 22.9 Å². The third kappa shape index (κ3) is 5.54. The van der Waals surface area contributed by atoms with Crippen LogP contribution in [0.1, 0.15) is 19.5 Å². The third-order valence-corrected chi connectivity index (χ3v) is 8.36. The second-order valence-corrected chi connectivity index (χ2v) is 12.9. The second-order valence-electron chi connectivity index (χ2n) is 9.38. The molecule has 5 rings (SSSR count). The number of aliphatic hydroxyl groups is 1. The number of hydrogen-bond acceptors (Lipinski definition) is 6. The van der Waals surface area contributed by atoms with Gasteiger partial charge in [-0.3, -0.25) is 0 Å². The summed E-state index contributed by atoms with van der Waals surface area (Å²) >= 11 is 7.90. The van der Waals surface area contributed by atoms with Gasteiger partial charge in [-0.05, 0) is 80.1 Å². The first-order valence-electron chi connectivity index (χ1n) is 11.8. The lowest BCUT2D eigenvalue weighted by Crippen LogP contribution is -2.16. The van der Waals surface area contributed by atoms with Crippen LogP contribution in [-0.2, 0) is 15.4 Å². The average molecular weight is 565 g/mol. The van der Waals surface area contributed by atoms with Crippen molar-refractivity contribution in [3.63, 3.8) is 0 Å². The third-order valence-electron chi connectivity index (χ3n) is 5.86. The topological polar surface area (TPSA) is 81.4 Å². The van der Waals surface area contributed by atoms with Crippen molar-refractivity contribution in [2.75, 3.05) is 6.26 Å². The minimum absolute atomic E-state index is 0.265. The van der Waals surface area contributed by atoms with Gasteiger partial charge in [-0.2, -0.15) is 5.10 Å². The molecule has 1 N–H and O–H groups in total. The van der Waals surface area contributed by atoms with Gasteiger partial charge in [0.15, 0.2) is 15.6 Å². The molecule has 0 amide bonds. The molecular weight excluding hydrogens is 540 g/mol. The predicted octanol–water partition coefficient (Wildman–Crippen LogP) is 7.34. The molecule has 0 aliphatic heterocycles. The number of nitrogens with zero attached hydrogens (tertiary/aromatic N) is 2. The Hall–Kier alpha value is -3.43. The Labute approximate surface area is 230 Å². The van der Waals surface area contributed by atoms with E-state index in [9.17, 15) is 13.5 Å². The first kappa shape index (κ1) is 26.2. The molecule has 6 nitrogen and oxygen atoms in total. The van der Waals surface area contributed by atoms with E-state index < -0.39 is 15.4 Å². The number of hydrogen-bond donors (Lipinski definition) is 1. The second kappa shape index (κ2) is 10.0. The Balaban J connectivity index is 1.64. The highest BCUT2D eigenvalue weighted by Crippen LogP contribution is 2.40. The van der Waals surface area contributed by atoms with Gasteiger partial charge >= 0.3 is 0 Å². The zero-order valence-electron chi connectivity index (χ0n) is 20.9. The van der Waals surface area contributed by atoms with E-state index in [1.54, 1.807) is 54.9 Å². The monoisotopic (exact) mass is 564 g/mol. The number of sulfone groups is 1. The predicted molar refractivity (Wildman–Crippen MR) is 152 cm³/mol. The minimum atomic E-state index is -3.33. The summed E-state index contributed by atoms with van der Waals surface area (Å²) in [5.74, 6) is 1.21. The average Bonchev–Trinajstić information content (AvgIpc) is 3.53. The minimum Gasteiger partial charge on any atom is -0.455 e. The van der Waals surface area contributed by atoms with Crippen LogP contribution in [0.5, 0.6) is 11.5 Å². The SMILES string of the molecule is CC(C)(O)c1cc(-c2ccc(-c3cccc(S(C)(=O)=O)c3)s2)n(-c2cc(Cl)ccc2Oc2ccccc2)n1. The lowest BCUT2D eigenvalue weighted by atomic mass is 10.1. The molecule has 0 saturated carbocycles. The Bertz CT molecular complexity index is 1720. The van der Waals surface area contributed by atoms with Crippen LogP contribution in [0.4, 0.5) is 0 Å². The van der Waals surface area contributed by atoms with Crippen molar-refractivity contribution in [3.8, 4) is 38.2 Å². The van der Waals surface area contributed by atoms with Crippen LogP contribution in [-0.4, -0.2) is 29.6 Å². The van der Waals surface area contributed by atoms with Gasteiger partial charge in [-0.25, -0.2) is 13.1 Å². The fraction of sp³-hybridized carbons (Fsp3) is 0.138. The van der Waals surface area contributed by atoms with Crippen molar-refractivity contribution in [1.82, 2.24) is 9.78 Å². The standard InChI is InChI=1S/C29H25ClN2O4S2/c1-29(2,33)28-18-24(27-15-14-26(37-27)19-8-7-11-22(16-19)38(3,34)35)32(31-28)23-17-20(30)12-13-25(23)36-21-9-5-4-6-10-21/h4-18,33H,1-3H3. The van der Waals surface area contributed by atoms with Gasteiger partial charge < -0.3 is 9.84 Å². The summed E-state index contributed by atoms with van der Waals surface area (Å²) in [4.78, 5) is 2.04. The summed E-state index contributed by atoms with van der Waals surface area (Å²) in [5, 5.41) is 16.0. The molecule has 0 saturated heterocycles. The molecule has 0 bridgehead atoms. The van der Waals surface area contributed by atoms with Crippen molar-refractivity contribution < 1.29 is 18.3 Å². The molecular formula is C29H25ClN2O4S2. The summed E-state index contributed by atoms with van der Waals surface area (Å²) in [6.07, 6.45) is 1.20. The zero-order valence-corrected chi connectivity index (χ0v) is 23.3. The van der Waals surface area contributed by atoms with Crippen LogP contribution in [0.3, 0.4) is 0 Å². The maximum Gasteiger partial charge on any atom is 0.175 e. The Kier molecular flexibility index (Phi) is 6.92. The van der Waals surface area contributed by atoms with Gasteiger partial charge in [-0.15, -0.1) is 11.3 Å². The number of halogens is 1. The van der Waals surface area contributed by atoms with Crippen LogP contribution in [0.2, 0.25) is 5.02 Å². The molecule has 0 atom stereocenters. The summed E-state index contributed by atoms with van der Waals surface area (Å²) in [6.45, 7) is 3.36. The molecule has 9 heteroatoms. The quantitative estimate of drug-likeness (QED) is 0.223. The van der Waals surface area contributed by atoms with E-state index in [1.807, 2.05) is 54.6 Å². The van der Waals surface area contributed by atoms with E-state index in [1.165, 1.54) is 17.6 Å². The summed E-state index contributed by atoms with van der Waals surface area (Å²) < 4.78 is 32.1. The maximum atomic E-state index is 12.1. The molecule has 2 heterocycles. The van der Waals surface area contributed by atoms with Crippen LogP contribution in [0, 0.1) is 0 Å². The summed E-state index contributed by atoms with van der Waals surface area (Å²) in [5.41, 5.74) is 1.43. The first-order chi connectivity index (χ1) is 18.0. The first-order valence-corrected chi connectivity index (χ1v) is 14.8. The lowest BCUT2D eigenvalue weighted by molar-refractivity contribution is 0.0734. The van der Waals surface area contributed by atoms with E-state index in [2.05, 4.69) is 0 Å². The Morgan fingerprint density at radius 2 is 1.66 bits per heavy atom. The molecule has 0 fully saturated rings. The highest BCUT2D eigenvalue weighted by atomic mass is 35.5. The van der Waals surface area contributed by atoms with E-state index in [-0.39, 0.29) is 4.90 Å². The van der Waals surface area contributed by atoms with Gasteiger partial charge in [-0.1, -0.05) is 41.9 Å². The molecule has 0 radical (unpaired) electrons. The lowest BCUT2D eigenvalue weighted by Gasteiger charge is -2.15. The smallest absolute Gasteiger partial charge is 0.175 e. The summed E-state index contributed by atoms with van der Waals surface area (Å²) in [7, 11) is -3.33. The molecule has 38 heavy (non-hydrogen) atoms. The highest BCUT2D eigenvalue weighted by molar-refractivity contribution is 7.90. The van der Waals surface area contributed by atoms with E-state index >= 15 is 0 Å². The van der Waals surface area contributed by atoms with Crippen LogP contribution in [0.15, 0.2) is 95.9 Å². The van der Waals surface area contributed by atoms with E-state index in [4.69, 9.17) is 21.4 Å². The zero-order chi connectivity index (χ0) is 27.1. The maximum absolute atomic E-state index is 12.1. The molecule has 194 valence electrons. The molecule has 0 aliphatic rings. The molecule has 0 spiro atoms. The number of aromatic nitrogens is 2. The number of benzene rings is 3. The Morgan fingerprint density at radius 1 is 0.921 bits per heavy atom. The van der Waals surface area contributed by atoms with Gasteiger partial charge in [0, 0.05) is 16.2 Å². The van der Waals surface area contributed by atoms with E-state index in [0.717, 1.165) is 21.0 Å². The van der Waals surface area contributed by atoms with Crippen LogP contribution < -0.4 is 4.74 Å². The van der Waals surface area contributed by atoms with Crippen molar-refractivity contribution in [2.45, 2.75) is 24.3 Å².